The Hall–Kier alpha value is -7.62. The fourth-order valence-corrected chi connectivity index (χ4v) is 9.83. The van der Waals surface area contributed by atoms with Crippen molar-refractivity contribution in [1.82, 2.24) is 4.57 Å². The van der Waals surface area contributed by atoms with Crippen LogP contribution in [0.15, 0.2) is 218 Å². The van der Waals surface area contributed by atoms with Crippen molar-refractivity contribution < 1.29 is 4.74 Å². The zero-order valence-electron chi connectivity index (χ0n) is 31.6. The van der Waals surface area contributed by atoms with Crippen LogP contribution in [0.2, 0.25) is 0 Å². The van der Waals surface area contributed by atoms with E-state index in [1.807, 2.05) is 6.07 Å². The summed E-state index contributed by atoms with van der Waals surface area (Å²) in [5.41, 5.74) is 16.1. The number of ether oxygens (including phenoxy) is 1. The average Bonchev–Trinajstić information content (AvgIpc) is 3.80. The molecule has 9 aromatic carbocycles. The minimum atomic E-state index is -0.443. The largest absolute Gasteiger partial charge is 0.452 e. The third-order valence-electron chi connectivity index (χ3n) is 12.3. The Morgan fingerprint density at radius 3 is 1.67 bits per heavy atom. The first kappa shape index (κ1) is 32.6. The molecule has 1 aromatic heterocycles. The van der Waals surface area contributed by atoms with Crippen LogP contribution in [0.5, 0.6) is 11.5 Å². The molecule has 0 saturated heterocycles. The van der Waals surface area contributed by atoms with Crippen LogP contribution >= 0.6 is 0 Å². The molecule has 2 heterocycles. The first-order chi connectivity index (χ1) is 28.8. The molecule has 0 atom stereocenters. The summed E-state index contributed by atoms with van der Waals surface area (Å²) in [6.07, 6.45) is 0. The van der Waals surface area contributed by atoms with Gasteiger partial charge in [-0.25, -0.2) is 0 Å². The Morgan fingerprint density at radius 2 is 0.948 bits per heavy atom. The van der Waals surface area contributed by atoms with Crippen LogP contribution in [-0.4, -0.2) is 4.57 Å². The van der Waals surface area contributed by atoms with Crippen LogP contribution in [0.4, 0.5) is 17.1 Å². The van der Waals surface area contributed by atoms with Gasteiger partial charge in [0.05, 0.1) is 22.1 Å². The summed E-state index contributed by atoms with van der Waals surface area (Å²) in [7, 11) is 0. The van der Waals surface area contributed by atoms with Crippen LogP contribution in [0, 0.1) is 0 Å². The van der Waals surface area contributed by atoms with Gasteiger partial charge < -0.3 is 14.2 Å². The maximum absolute atomic E-state index is 6.79. The summed E-state index contributed by atoms with van der Waals surface area (Å²) < 4.78 is 9.15. The number of hydrogen-bond acceptors (Lipinski definition) is 2. The third kappa shape index (κ3) is 4.62. The van der Waals surface area contributed by atoms with Crippen LogP contribution in [0.1, 0.15) is 22.3 Å². The van der Waals surface area contributed by atoms with Gasteiger partial charge in [-0.1, -0.05) is 158 Å². The van der Waals surface area contributed by atoms with Crippen molar-refractivity contribution in [2.45, 2.75) is 5.41 Å². The molecule has 0 unspecified atom stereocenters. The summed E-state index contributed by atoms with van der Waals surface area (Å²) in [4.78, 5) is 2.34. The van der Waals surface area contributed by atoms with Crippen molar-refractivity contribution in [3.63, 3.8) is 0 Å². The third-order valence-corrected chi connectivity index (χ3v) is 12.3. The number of benzene rings is 9. The van der Waals surface area contributed by atoms with E-state index in [-0.39, 0.29) is 0 Å². The second-order valence-electron chi connectivity index (χ2n) is 15.2. The SMILES string of the molecule is c1ccc(N(c2ccc(-c3ccc4c5ccccc5n5c4c3Oc3ccccc3-5)cc2)c2ccc(C3(c4ccccc4)c4ccccc4-c4ccccc43)cc2)cc1. The molecule has 0 amide bonds. The minimum Gasteiger partial charge on any atom is -0.452 e. The molecule has 3 nitrogen and oxygen atoms in total. The second kappa shape index (κ2) is 12.7. The fourth-order valence-electron chi connectivity index (χ4n) is 9.83. The highest BCUT2D eigenvalue weighted by atomic mass is 16.5. The highest BCUT2D eigenvalue weighted by molar-refractivity contribution is 6.14. The number of nitrogens with zero attached hydrogens (tertiary/aromatic N) is 2. The molecule has 10 aromatic rings. The molecular formula is C55H36N2O. The summed E-state index contributed by atoms with van der Waals surface area (Å²) in [6.45, 7) is 0. The molecule has 0 N–H and O–H groups in total. The number of rotatable bonds is 6. The van der Waals surface area contributed by atoms with E-state index in [0.29, 0.717) is 0 Å². The monoisotopic (exact) mass is 740 g/mol. The number of para-hydroxylation sites is 4. The molecule has 2 aliphatic rings. The van der Waals surface area contributed by atoms with Crippen LogP contribution in [0.3, 0.4) is 0 Å². The fraction of sp³-hybridized carbons (Fsp3) is 0.0182. The molecule has 0 radical (unpaired) electrons. The van der Waals surface area contributed by atoms with E-state index in [2.05, 4.69) is 222 Å². The Kier molecular flexibility index (Phi) is 7.14. The van der Waals surface area contributed by atoms with Crippen molar-refractivity contribution in [3.05, 3.63) is 241 Å². The van der Waals surface area contributed by atoms with E-state index < -0.39 is 5.41 Å². The molecule has 3 heteroatoms. The van der Waals surface area contributed by atoms with E-state index in [4.69, 9.17) is 4.74 Å². The van der Waals surface area contributed by atoms with Gasteiger partial charge in [0.25, 0.3) is 0 Å². The maximum atomic E-state index is 6.79. The van der Waals surface area contributed by atoms with Gasteiger partial charge in [0.15, 0.2) is 11.5 Å². The van der Waals surface area contributed by atoms with E-state index in [1.54, 1.807) is 0 Å². The topological polar surface area (TPSA) is 17.4 Å². The van der Waals surface area contributed by atoms with Gasteiger partial charge in [-0.2, -0.15) is 0 Å². The summed E-state index contributed by atoms with van der Waals surface area (Å²) >= 11 is 0. The normalized spacial score (nSPS) is 13.1. The smallest absolute Gasteiger partial charge is 0.160 e. The van der Waals surface area contributed by atoms with Crippen LogP contribution in [-0.2, 0) is 5.41 Å². The lowest BCUT2D eigenvalue weighted by atomic mass is 9.68. The molecule has 58 heavy (non-hydrogen) atoms. The van der Waals surface area contributed by atoms with Crippen molar-refractivity contribution in [3.8, 4) is 39.4 Å². The Bertz CT molecular complexity index is 3140. The standard InChI is InChI=1S/C55H36N2O/c1-3-15-38(16-4-1)55(48-22-10-7-19-44(48)45-20-8-11-23-49(45)55)39-29-33-42(34-30-39)56(40-17-5-2-6-18-40)41-31-27-37(28-32-41)43-35-36-47-46-21-9-12-24-50(46)57-51-25-13-14-26-52(51)58-54(43)53(47)57/h1-36H. The average molecular weight is 741 g/mol. The van der Waals surface area contributed by atoms with Gasteiger partial charge in [0, 0.05) is 33.4 Å². The molecular weight excluding hydrogens is 705 g/mol. The zero-order valence-corrected chi connectivity index (χ0v) is 31.6. The van der Waals surface area contributed by atoms with Gasteiger partial charge >= 0.3 is 0 Å². The van der Waals surface area contributed by atoms with Crippen molar-refractivity contribution >= 4 is 38.9 Å². The molecule has 1 aliphatic carbocycles. The Morgan fingerprint density at radius 1 is 0.397 bits per heavy atom. The van der Waals surface area contributed by atoms with Gasteiger partial charge in [-0.3, -0.25) is 0 Å². The highest BCUT2D eigenvalue weighted by Crippen LogP contribution is 2.56. The number of anilines is 3. The van der Waals surface area contributed by atoms with E-state index in [0.717, 1.165) is 50.9 Å². The van der Waals surface area contributed by atoms with E-state index in [9.17, 15) is 0 Å². The Labute approximate surface area is 337 Å². The predicted molar refractivity (Wildman–Crippen MR) is 238 cm³/mol. The van der Waals surface area contributed by atoms with Gasteiger partial charge in [0.2, 0.25) is 0 Å². The van der Waals surface area contributed by atoms with Gasteiger partial charge in [-0.15, -0.1) is 0 Å². The van der Waals surface area contributed by atoms with Gasteiger partial charge in [-0.05, 0) is 99.6 Å². The highest BCUT2D eigenvalue weighted by Gasteiger charge is 2.45. The molecule has 12 rings (SSSR count). The maximum Gasteiger partial charge on any atom is 0.160 e. The first-order valence-corrected chi connectivity index (χ1v) is 19.9. The molecule has 0 saturated carbocycles. The van der Waals surface area contributed by atoms with Crippen LogP contribution < -0.4 is 9.64 Å². The molecule has 272 valence electrons. The predicted octanol–water partition coefficient (Wildman–Crippen LogP) is 14.4. The van der Waals surface area contributed by atoms with Crippen molar-refractivity contribution in [2.75, 3.05) is 4.90 Å². The Balaban J connectivity index is 0.979. The van der Waals surface area contributed by atoms with E-state index >= 15 is 0 Å². The lowest BCUT2D eigenvalue weighted by Gasteiger charge is -2.34. The summed E-state index contributed by atoms with van der Waals surface area (Å²) in [5.74, 6) is 1.75. The molecule has 0 bridgehead atoms. The lowest BCUT2D eigenvalue weighted by Crippen LogP contribution is -2.28. The number of aromatic nitrogens is 1. The summed E-state index contributed by atoms with van der Waals surface area (Å²) in [5, 5.41) is 2.42. The summed E-state index contributed by atoms with van der Waals surface area (Å²) in [6, 6.07) is 79.0. The lowest BCUT2D eigenvalue weighted by molar-refractivity contribution is 0.478. The number of fused-ring (bicyclic) bond motifs is 8. The van der Waals surface area contributed by atoms with Crippen molar-refractivity contribution in [2.24, 2.45) is 0 Å². The zero-order chi connectivity index (χ0) is 38.2. The second-order valence-corrected chi connectivity index (χ2v) is 15.2. The molecule has 0 spiro atoms. The number of hydrogen-bond donors (Lipinski definition) is 0. The quantitative estimate of drug-likeness (QED) is 0.169. The molecule has 1 aliphatic heterocycles. The van der Waals surface area contributed by atoms with Crippen LogP contribution in [0.25, 0.3) is 49.7 Å². The van der Waals surface area contributed by atoms with Crippen molar-refractivity contribution in [1.29, 1.82) is 0 Å². The minimum absolute atomic E-state index is 0.443. The first-order valence-electron chi connectivity index (χ1n) is 19.9. The molecule has 0 fully saturated rings. The van der Waals surface area contributed by atoms with E-state index in [1.165, 1.54) is 49.7 Å². The van der Waals surface area contributed by atoms with Gasteiger partial charge in [0.1, 0.15) is 0 Å².